The van der Waals surface area contributed by atoms with Crippen LogP contribution in [-0.2, 0) is 0 Å². The molecule has 0 aromatic heterocycles. The van der Waals surface area contributed by atoms with Crippen molar-refractivity contribution in [3.63, 3.8) is 0 Å². The summed E-state index contributed by atoms with van der Waals surface area (Å²) in [4.78, 5) is 0. The fraction of sp³-hybridized carbons (Fsp3) is 0.333. The Balaban J connectivity index is 3.13. The minimum atomic E-state index is -0.123. The highest BCUT2D eigenvalue weighted by Gasteiger charge is 2.02. The molecule has 0 saturated heterocycles. The first-order valence-electron chi connectivity index (χ1n) is 4.58. The van der Waals surface area contributed by atoms with Gasteiger partial charge in [-0.15, -0.1) is 0 Å². The quantitative estimate of drug-likeness (QED) is 0.645. The summed E-state index contributed by atoms with van der Waals surface area (Å²) in [6, 6.07) is 3.57. The molecule has 13 heavy (non-hydrogen) atoms. The molecule has 1 aromatic rings. The molecule has 0 aliphatic heterocycles. The zero-order valence-electron chi connectivity index (χ0n) is 8.39. The first-order chi connectivity index (χ1) is 6.15. The lowest BCUT2D eigenvalue weighted by molar-refractivity contribution is 0.622. The largest absolute Gasteiger partial charge is 0.206 e. The van der Waals surface area contributed by atoms with Crippen molar-refractivity contribution in [2.75, 3.05) is 0 Å². The summed E-state index contributed by atoms with van der Waals surface area (Å²) in [6.07, 6.45) is 4.76. The van der Waals surface area contributed by atoms with E-state index < -0.39 is 0 Å². The Morgan fingerprint density at radius 1 is 1.31 bits per heavy atom. The van der Waals surface area contributed by atoms with Gasteiger partial charge in [0.1, 0.15) is 5.82 Å². The second-order valence-corrected chi connectivity index (χ2v) is 3.29. The molecule has 0 aliphatic carbocycles. The maximum atomic E-state index is 13.4. The molecule has 70 valence electrons. The first-order valence-corrected chi connectivity index (χ1v) is 4.58. The Labute approximate surface area is 79.1 Å². The Bertz CT molecular complexity index is 301. The van der Waals surface area contributed by atoms with Crippen LogP contribution in [-0.4, -0.2) is 0 Å². The van der Waals surface area contributed by atoms with Crippen molar-refractivity contribution in [3.8, 4) is 0 Å². The maximum absolute atomic E-state index is 13.4. The summed E-state index contributed by atoms with van der Waals surface area (Å²) in [5.41, 5.74) is 2.69. The fourth-order valence-corrected chi connectivity index (χ4v) is 1.37. The average molecular weight is 178 g/mol. The summed E-state index contributed by atoms with van der Waals surface area (Å²) in [7, 11) is 0. The molecule has 0 N–H and O–H groups in total. The SMILES string of the molecule is CC/C=C\c1c(C)cc(C)cc1F. The van der Waals surface area contributed by atoms with Crippen LogP contribution in [0.25, 0.3) is 6.08 Å². The van der Waals surface area contributed by atoms with Gasteiger partial charge >= 0.3 is 0 Å². The summed E-state index contributed by atoms with van der Waals surface area (Å²) < 4.78 is 13.4. The minimum Gasteiger partial charge on any atom is -0.206 e. The summed E-state index contributed by atoms with van der Waals surface area (Å²) >= 11 is 0. The van der Waals surface area contributed by atoms with E-state index in [1.807, 2.05) is 39.0 Å². The highest BCUT2D eigenvalue weighted by atomic mass is 19.1. The van der Waals surface area contributed by atoms with Crippen LogP contribution in [0.4, 0.5) is 4.39 Å². The maximum Gasteiger partial charge on any atom is 0.130 e. The normalized spacial score (nSPS) is 11.1. The molecule has 0 saturated carbocycles. The van der Waals surface area contributed by atoms with Gasteiger partial charge in [0.2, 0.25) is 0 Å². The predicted octanol–water partition coefficient (Wildman–Crippen LogP) is 3.87. The molecule has 0 unspecified atom stereocenters. The molecule has 0 nitrogen and oxygen atoms in total. The predicted molar refractivity (Wildman–Crippen MR) is 55.2 cm³/mol. The van der Waals surface area contributed by atoms with E-state index in [0.29, 0.717) is 5.56 Å². The second-order valence-electron chi connectivity index (χ2n) is 3.29. The topological polar surface area (TPSA) is 0 Å². The van der Waals surface area contributed by atoms with Crippen LogP contribution >= 0.6 is 0 Å². The number of hydrogen-bond donors (Lipinski definition) is 0. The molecule has 0 aliphatic rings. The average Bonchev–Trinajstić information content (AvgIpc) is 2.02. The van der Waals surface area contributed by atoms with Crippen molar-refractivity contribution in [2.24, 2.45) is 0 Å². The third-order valence-corrected chi connectivity index (χ3v) is 2.00. The van der Waals surface area contributed by atoms with Gasteiger partial charge in [0, 0.05) is 5.56 Å². The monoisotopic (exact) mass is 178 g/mol. The molecule has 0 radical (unpaired) electrons. The lowest BCUT2D eigenvalue weighted by Gasteiger charge is -2.03. The zero-order chi connectivity index (χ0) is 9.84. The van der Waals surface area contributed by atoms with Crippen molar-refractivity contribution in [1.82, 2.24) is 0 Å². The van der Waals surface area contributed by atoms with Crippen LogP contribution in [0.2, 0.25) is 0 Å². The van der Waals surface area contributed by atoms with Gasteiger partial charge in [0.15, 0.2) is 0 Å². The van der Waals surface area contributed by atoms with Gasteiger partial charge in [-0.05, 0) is 37.5 Å². The molecule has 0 atom stereocenters. The highest BCUT2D eigenvalue weighted by molar-refractivity contribution is 5.55. The lowest BCUT2D eigenvalue weighted by Crippen LogP contribution is -1.89. The lowest BCUT2D eigenvalue weighted by atomic mass is 10.0. The van der Waals surface area contributed by atoms with E-state index in [9.17, 15) is 4.39 Å². The van der Waals surface area contributed by atoms with Gasteiger partial charge in [-0.1, -0.05) is 25.1 Å². The third kappa shape index (κ3) is 2.41. The van der Waals surface area contributed by atoms with Crippen molar-refractivity contribution in [1.29, 1.82) is 0 Å². The molecule has 0 spiro atoms. The molecule has 0 amide bonds. The third-order valence-electron chi connectivity index (χ3n) is 2.00. The summed E-state index contributed by atoms with van der Waals surface area (Å²) in [5.74, 6) is -0.123. The van der Waals surface area contributed by atoms with Gasteiger partial charge in [-0.3, -0.25) is 0 Å². The van der Waals surface area contributed by atoms with E-state index in [2.05, 4.69) is 0 Å². The molecular weight excluding hydrogens is 163 g/mol. The van der Waals surface area contributed by atoms with Gasteiger partial charge in [-0.25, -0.2) is 4.39 Å². The van der Waals surface area contributed by atoms with Crippen LogP contribution in [0.1, 0.15) is 30.0 Å². The van der Waals surface area contributed by atoms with Crippen LogP contribution in [0, 0.1) is 19.7 Å². The number of hydrogen-bond acceptors (Lipinski definition) is 0. The van der Waals surface area contributed by atoms with E-state index in [0.717, 1.165) is 17.5 Å². The van der Waals surface area contributed by atoms with E-state index in [-0.39, 0.29) is 5.82 Å². The van der Waals surface area contributed by atoms with Crippen molar-refractivity contribution < 1.29 is 4.39 Å². The minimum absolute atomic E-state index is 0.123. The number of rotatable bonds is 2. The van der Waals surface area contributed by atoms with Crippen LogP contribution in [0.15, 0.2) is 18.2 Å². The summed E-state index contributed by atoms with van der Waals surface area (Å²) in [5, 5.41) is 0. The van der Waals surface area contributed by atoms with Crippen molar-refractivity contribution in [3.05, 3.63) is 40.7 Å². The molecule has 1 rings (SSSR count). The fourth-order valence-electron chi connectivity index (χ4n) is 1.37. The molecule has 0 heterocycles. The summed E-state index contributed by atoms with van der Waals surface area (Å²) in [6.45, 7) is 5.88. The van der Waals surface area contributed by atoms with Crippen LogP contribution in [0.3, 0.4) is 0 Å². The zero-order valence-corrected chi connectivity index (χ0v) is 8.39. The highest BCUT2D eigenvalue weighted by Crippen LogP contribution is 2.17. The second kappa shape index (κ2) is 4.22. The number of benzene rings is 1. The Morgan fingerprint density at radius 3 is 2.54 bits per heavy atom. The standard InChI is InChI=1S/C12H15F/c1-4-5-6-11-10(3)7-9(2)8-12(11)13/h5-8H,4H2,1-3H3/b6-5-. The molecule has 1 aromatic carbocycles. The Kier molecular flexibility index (Phi) is 3.24. The van der Waals surface area contributed by atoms with Gasteiger partial charge in [0.05, 0.1) is 0 Å². The Hall–Kier alpha value is -1.11. The smallest absolute Gasteiger partial charge is 0.130 e. The van der Waals surface area contributed by atoms with E-state index in [1.54, 1.807) is 6.07 Å². The van der Waals surface area contributed by atoms with Gasteiger partial charge in [0.25, 0.3) is 0 Å². The van der Waals surface area contributed by atoms with E-state index in [1.165, 1.54) is 0 Å². The van der Waals surface area contributed by atoms with Crippen molar-refractivity contribution in [2.45, 2.75) is 27.2 Å². The van der Waals surface area contributed by atoms with E-state index >= 15 is 0 Å². The first kappa shape index (κ1) is 9.97. The molecule has 0 fully saturated rings. The number of aryl methyl sites for hydroxylation is 2. The van der Waals surface area contributed by atoms with Gasteiger partial charge < -0.3 is 0 Å². The van der Waals surface area contributed by atoms with Crippen LogP contribution < -0.4 is 0 Å². The van der Waals surface area contributed by atoms with Gasteiger partial charge in [-0.2, -0.15) is 0 Å². The van der Waals surface area contributed by atoms with Crippen LogP contribution in [0.5, 0.6) is 0 Å². The molecule has 1 heteroatoms. The molecule has 0 bridgehead atoms. The number of allylic oxidation sites excluding steroid dienone is 1. The Morgan fingerprint density at radius 2 is 2.00 bits per heavy atom. The number of halogens is 1. The molecular formula is C12H15F. The van der Waals surface area contributed by atoms with E-state index in [4.69, 9.17) is 0 Å². The van der Waals surface area contributed by atoms with Crippen molar-refractivity contribution >= 4 is 6.08 Å².